The second kappa shape index (κ2) is 6.48. The van der Waals surface area contributed by atoms with E-state index in [0.717, 1.165) is 41.3 Å². The number of nitrogens with one attached hydrogen (secondary N) is 1. The average Bonchev–Trinajstić information content (AvgIpc) is 2.83. The molecule has 0 bridgehead atoms. The number of rotatable bonds is 2. The maximum Gasteiger partial charge on any atom is 0.255 e. The van der Waals surface area contributed by atoms with Gasteiger partial charge < -0.3 is 5.32 Å². The van der Waals surface area contributed by atoms with E-state index < -0.39 is 0 Å². The minimum atomic E-state index is -0.188. The molecule has 1 aromatic heterocycles. The van der Waals surface area contributed by atoms with Crippen molar-refractivity contribution in [3.8, 4) is 0 Å². The third kappa shape index (κ3) is 3.15. The van der Waals surface area contributed by atoms with Crippen molar-refractivity contribution in [1.82, 2.24) is 4.98 Å². The van der Waals surface area contributed by atoms with Crippen LogP contribution in [-0.2, 0) is 6.42 Å². The Hall–Kier alpha value is -3.01. The highest BCUT2D eigenvalue weighted by molar-refractivity contribution is 6.07. The van der Waals surface area contributed by atoms with Crippen molar-refractivity contribution in [2.24, 2.45) is 0 Å². The van der Waals surface area contributed by atoms with Gasteiger partial charge >= 0.3 is 0 Å². The van der Waals surface area contributed by atoms with Crippen molar-refractivity contribution >= 4 is 28.3 Å². The summed E-state index contributed by atoms with van der Waals surface area (Å²) in [7, 11) is 0. The summed E-state index contributed by atoms with van der Waals surface area (Å²) in [6, 6.07) is 14.8. The van der Waals surface area contributed by atoms with E-state index in [1.807, 2.05) is 42.5 Å². The summed E-state index contributed by atoms with van der Waals surface area (Å²) in [6.07, 6.45) is 5.21. The standard InChI is InChI=1S/C21H18N2O2/c24-20-6-2-1-4-14-7-9-17(13-18(14)20)23-21(25)16-8-10-19-15(12-16)5-3-11-22-19/h3,5,7-13H,1-2,4,6H2,(H,23,25). The largest absolute Gasteiger partial charge is 0.322 e. The third-order valence-electron chi connectivity index (χ3n) is 4.63. The van der Waals surface area contributed by atoms with E-state index in [1.54, 1.807) is 12.3 Å². The fourth-order valence-corrected chi connectivity index (χ4v) is 3.29. The lowest BCUT2D eigenvalue weighted by molar-refractivity contribution is 0.0979. The van der Waals surface area contributed by atoms with E-state index in [-0.39, 0.29) is 11.7 Å². The smallest absolute Gasteiger partial charge is 0.255 e. The predicted octanol–water partition coefficient (Wildman–Crippen LogP) is 4.40. The minimum absolute atomic E-state index is 0.167. The number of aromatic nitrogens is 1. The van der Waals surface area contributed by atoms with Crippen molar-refractivity contribution in [3.63, 3.8) is 0 Å². The number of carbonyl (C=O) groups is 2. The van der Waals surface area contributed by atoms with Crippen molar-refractivity contribution in [1.29, 1.82) is 0 Å². The molecule has 3 aromatic rings. The van der Waals surface area contributed by atoms with Gasteiger partial charge in [0.25, 0.3) is 5.91 Å². The van der Waals surface area contributed by atoms with Crippen LogP contribution in [0.3, 0.4) is 0 Å². The molecule has 0 radical (unpaired) electrons. The molecular weight excluding hydrogens is 312 g/mol. The number of amides is 1. The van der Waals surface area contributed by atoms with Gasteiger partial charge in [-0.25, -0.2) is 0 Å². The van der Waals surface area contributed by atoms with Crippen molar-refractivity contribution in [3.05, 3.63) is 71.4 Å². The lowest BCUT2D eigenvalue weighted by Gasteiger charge is -2.10. The maximum atomic E-state index is 12.6. The highest BCUT2D eigenvalue weighted by Crippen LogP contribution is 2.24. The van der Waals surface area contributed by atoms with E-state index in [4.69, 9.17) is 0 Å². The highest BCUT2D eigenvalue weighted by atomic mass is 16.1. The SMILES string of the molecule is O=C(Nc1ccc2c(c1)C(=O)CCCC2)c1ccc2ncccc2c1. The number of aryl methyl sites for hydroxylation is 1. The van der Waals surface area contributed by atoms with Gasteiger partial charge in [-0.3, -0.25) is 14.6 Å². The average molecular weight is 330 g/mol. The molecule has 0 fully saturated rings. The second-order valence-electron chi connectivity index (χ2n) is 6.37. The van der Waals surface area contributed by atoms with Crippen molar-refractivity contribution in [2.75, 3.05) is 5.32 Å². The Morgan fingerprint density at radius 1 is 1.00 bits per heavy atom. The maximum absolute atomic E-state index is 12.6. The molecule has 0 aliphatic heterocycles. The summed E-state index contributed by atoms with van der Waals surface area (Å²) < 4.78 is 0. The Bertz CT molecular complexity index is 979. The quantitative estimate of drug-likeness (QED) is 0.709. The van der Waals surface area contributed by atoms with Gasteiger partial charge in [0.2, 0.25) is 0 Å². The number of anilines is 1. The van der Waals surface area contributed by atoms with E-state index in [2.05, 4.69) is 10.3 Å². The van der Waals surface area contributed by atoms with Crippen LogP contribution in [-0.4, -0.2) is 16.7 Å². The number of Topliss-reactive ketones (excluding diaryl/α,β-unsaturated/α-hetero) is 1. The second-order valence-corrected chi connectivity index (χ2v) is 6.37. The summed E-state index contributed by atoms with van der Waals surface area (Å²) in [4.78, 5) is 29.1. The molecule has 1 N–H and O–H groups in total. The Balaban J connectivity index is 1.60. The van der Waals surface area contributed by atoms with E-state index in [9.17, 15) is 9.59 Å². The van der Waals surface area contributed by atoms with Crippen LogP contribution >= 0.6 is 0 Å². The summed E-state index contributed by atoms with van der Waals surface area (Å²) in [5, 5.41) is 3.83. The zero-order valence-corrected chi connectivity index (χ0v) is 13.8. The molecule has 4 rings (SSSR count). The molecule has 4 nitrogen and oxygen atoms in total. The van der Waals surface area contributed by atoms with Gasteiger partial charge in [-0.1, -0.05) is 12.1 Å². The van der Waals surface area contributed by atoms with Gasteiger partial charge in [0.1, 0.15) is 0 Å². The van der Waals surface area contributed by atoms with E-state index in [1.165, 1.54) is 0 Å². The van der Waals surface area contributed by atoms with E-state index >= 15 is 0 Å². The van der Waals surface area contributed by atoms with Crippen LogP contribution in [0.4, 0.5) is 5.69 Å². The van der Waals surface area contributed by atoms with Crippen LogP contribution in [0.15, 0.2) is 54.7 Å². The normalized spacial score (nSPS) is 14.0. The predicted molar refractivity (Wildman–Crippen MR) is 98.0 cm³/mol. The number of pyridine rings is 1. The zero-order chi connectivity index (χ0) is 17.2. The molecule has 0 spiro atoms. The summed E-state index contributed by atoms with van der Waals surface area (Å²) in [5.41, 5.74) is 3.91. The molecule has 0 saturated heterocycles. The Morgan fingerprint density at radius 3 is 2.80 bits per heavy atom. The van der Waals surface area contributed by atoms with Crippen LogP contribution in [0.5, 0.6) is 0 Å². The first kappa shape index (κ1) is 15.5. The highest BCUT2D eigenvalue weighted by Gasteiger charge is 2.16. The van der Waals surface area contributed by atoms with Crippen LogP contribution in [0.25, 0.3) is 10.9 Å². The summed E-state index contributed by atoms with van der Waals surface area (Å²) in [6.45, 7) is 0. The molecule has 2 aromatic carbocycles. The molecule has 1 aliphatic carbocycles. The van der Waals surface area contributed by atoms with Crippen molar-refractivity contribution in [2.45, 2.75) is 25.7 Å². The van der Waals surface area contributed by atoms with E-state index in [0.29, 0.717) is 17.7 Å². The van der Waals surface area contributed by atoms with Crippen LogP contribution in [0.1, 0.15) is 45.5 Å². The van der Waals surface area contributed by atoms with Gasteiger partial charge in [0.15, 0.2) is 5.78 Å². The summed E-state index contributed by atoms with van der Waals surface area (Å²) in [5.74, 6) is -0.0212. The van der Waals surface area contributed by atoms with Crippen LogP contribution < -0.4 is 5.32 Å². The molecule has 1 heterocycles. The van der Waals surface area contributed by atoms with Crippen LogP contribution in [0.2, 0.25) is 0 Å². The molecule has 0 atom stereocenters. The Morgan fingerprint density at radius 2 is 1.88 bits per heavy atom. The first-order valence-corrected chi connectivity index (χ1v) is 8.53. The van der Waals surface area contributed by atoms with Gasteiger partial charge in [-0.05, 0) is 61.2 Å². The Kier molecular flexibility index (Phi) is 4.02. The number of ketones is 1. The van der Waals surface area contributed by atoms with Gasteiger partial charge in [-0.15, -0.1) is 0 Å². The fraction of sp³-hybridized carbons (Fsp3) is 0.190. The molecule has 1 amide bonds. The van der Waals surface area contributed by atoms with Gasteiger partial charge in [0, 0.05) is 34.8 Å². The third-order valence-corrected chi connectivity index (χ3v) is 4.63. The zero-order valence-electron chi connectivity index (χ0n) is 13.8. The minimum Gasteiger partial charge on any atom is -0.322 e. The topological polar surface area (TPSA) is 59.1 Å². The Labute approximate surface area is 145 Å². The van der Waals surface area contributed by atoms with Crippen molar-refractivity contribution < 1.29 is 9.59 Å². The number of hydrogen-bond donors (Lipinski definition) is 1. The number of carbonyl (C=O) groups excluding carboxylic acids is 2. The lowest BCUT2D eigenvalue weighted by Crippen LogP contribution is -2.13. The molecule has 1 aliphatic rings. The molecule has 124 valence electrons. The number of benzene rings is 2. The molecule has 4 heteroatoms. The van der Waals surface area contributed by atoms with Gasteiger partial charge in [-0.2, -0.15) is 0 Å². The summed E-state index contributed by atoms with van der Waals surface area (Å²) >= 11 is 0. The number of hydrogen-bond acceptors (Lipinski definition) is 3. The first-order valence-electron chi connectivity index (χ1n) is 8.53. The first-order chi connectivity index (χ1) is 12.2. The van der Waals surface area contributed by atoms with Gasteiger partial charge in [0.05, 0.1) is 5.52 Å². The molecule has 0 saturated carbocycles. The number of fused-ring (bicyclic) bond motifs is 2. The molecular formula is C21H18N2O2. The molecule has 0 unspecified atom stereocenters. The van der Waals surface area contributed by atoms with Crippen LogP contribution in [0, 0.1) is 0 Å². The monoisotopic (exact) mass is 330 g/mol. The molecule has 25 heavy (non-hydrogen) atoms. The number of nitrogens with zero attached hydrogens (tertiary/aromatic N) is 1. The fourth-order valence-electron chi connectivity index (χ4n) is 3.29. The lowest BCUT2D eigenvalue weighted by atomic mass is 10.0.